The third-order valence-corrected chi connectivity index (χ3v) is 9.26. The minimum absolute atomic E-state index is 0.637. The van der Waals surface area contributed by atoms with Crippen LogP contribution in [0.3, 0.4) is 0 Å². The molecule has 2 aliphatic rings. The summed E-state index contributed by atoms with van der Waals surface area (Å²) in [7, 11) is -6.43. The van der Waals surface area contributed by atoms with Gasteiger partial charge in [0.2, 0.25) is 0 Å². The van der Waals surface area contributed by atoms with Crippen LogP contribution in [0.25, 0.3) is 0 Å². The lowest BCUT2D eigenvalue weighted by Crippen LogP contribution is -2.46. The zero-order chi connectivity index (χ0) is 24.0. The van der Waals surface area contributed by atoms with E-state index in [1.165, 1.54) is 0 Å². The highest BCUT2D eigenvalue weighted by Gasteiger charge is 2.24. The number of rotatable bonds is 6. The number of nitrogens with zero attached hydrogens (tertiary/aromatic N) is 5. The van der Waals surface area contributed by atoms with Gasteiger partial charge in [-0.05, 0) is 40.0 Å². The van der Waals surface area contributed by atoms with Crippen molar-refractivity contribution < 1.29 is 13.7 Å². The monoisotopic (exact) mass is 511 g/mol. The summed E-state index contributed by atoms with van der Waals surface area (Å²) in [5, 5.41) is 0. The van der Waals surface area contributed by atoms with E-state index < -0.39 is 21.4 Å². The van der Waals surface area contributed by atoms with Crippen LogP contribution in [0.5, 0.6) is 0 Å². The number of fused-ring (bicyclic) bond motifs is 3. The molecule has 0 saturated carbocycles. The summed E-state index contributed by atoms with van der Waals surface area (Å²) in [6.45, 7) is 22.6. The van der Waals surface area contributed by atoms with Crippen LogP contribution in [0.1, 0.15) is 0 Å². The molecule has 0 N–H and O–H groups in total. The Morgan fingerprint density at radius 3 is 0.812 bits per heavy atom. The largest absolute Gasteiger partial charge is 0.323 e. The van der Waals surface area contributed by atoms with Gasteiger partial charge in [-0.2, -0.15) is 0 Å². The first-order chi connectivity index (χ1) is 14.7. The summed E-state index contributed by atoms with van der Waals surface area (Å²) in [6.07, 6.45) is 1.95. The highest BCUT2D eigenvalue weighted by molar-refractivity contribution is 7.62. The number of hydrogen-bond donors (Lipinski definition) is 0. The van der Waals surface area contributed by atoms with Crippen molar-refractivity contribution in [3.63, 3.8) is 0 Å². The Morgan fingerprint density at radius 1 is 0.406 bits per heavy atom. The smallest absolute Gasteiger partial charge is 0.0951 e. The van der Waals surface area contributed by atoms with E-state index in [0.717, 1.165) is 78.5 Å². The zero-order valence-corrected chi connectivity index (χ0v) is 24.1. The van der Waals surface area contributed by atoms with Crippen molar-refractivity contribution >= 4 is 21.4 Å². The molecule has 2 aliphatic heterocycles. The van der Waals surface area contributed by atoms with Gasteiger partial charge >= 0.3 is 0 Å². The third-order valence-electron chi connectivity index (χ3n) is 6.02. The summed E-state index contributed by atoms with van der Waals surface area (Å²) in [5.74, 6) is 0. The van der Waals surface area contributed by atoms with Gasteiger partial charge in [0.25, 0.3) is 0 Å². The first-order valence-corrected chi connectivity index (χ1v) is 20.3. The van der Waals surface area contributed by atoms with E-state index in [9.17, 15) is 13.7 Å². The Morgan fingerprint density at radius 2 is 0.594 bits per heavy atom. The molecule has 0 amide bonds. The first kappa shape index (κ1) is 28.7. The Balaban J connectivity index is 2.19. The van der Waals surface area contributed by atoms with Crippen molar-refractivity contribution in [2.24, 2.45) is 0 Å². The van der Waals surface area contributed by atoms with Crippen LogP contribution in [0.4, 0.5) is 0 Å². The van der Waals surface area contributed by atoms with Gasteiger partial charge in [-0.15, -0.1) is 0 Å². The second-order valence-electron chi connectivity index (χ2n) is 11.2. The first-order valence-electron chi connectivity index (χ1n) is 11.9. The summed E-state index contributed by atoms with van der Waals surface area (Å²) in [4.78, 5) is 12.1. The molecule has 8 nitrogen and oxygen atoms in total. The van der Waals surface area contributed by atoms with E-state index in [-0.39, 0.29) is 0 Å². The minimum Gasteiger partial charge on any atom is -0.323 e. The second-order valence-corrected chi connectivity index (χ2v) is 21.5. The van der Waals surface area contributed by atoms with E-state index in [0.29, 0.717) is 18.9 Å². The topological polar surface area (TPSA) is 67.4 Å². The van der Waals surface area contributed by atoms with Gasteiger partial charge in [0.1, 0.15) is 0 Å². The molecule has 2 bridgehead atoms. The summed E-state index contributed by atoms with van der Waals surface area (Å²) in [5.41, 5.74) is 0. The summed E-state index contributed by atoms with van der Waals surface area (Å²) in [6, 6.07) is 0. The highest BCUT2D eigenvalue weighted by Crippen LogP contribution is 2.38. The van der Waals surface area contributed by atoms with E-state index in [4.69, 9.17) is 0 Å². The molecular weight excluding hydrogens is 463 g/mol. The van der Waals surface area contributed by atoms with Gasteiger partial charge in [-0.25, -0.2) is 0 Å². The van der Waals surface area contributed by atoms with Crippen molar-refractivity contribution in [3.8, 4) is 0 Å². The van der Waals surface area contributed by atoms with Crippen molar-refractivity contribution in [2.75, 3.05) is 137 Å². The van der Waals surface area contributed by atoms with Crippen molar-refractivity contribution in [1.82, 2.24) is 24.5 Å². The molecule has 0 aromatic carbocycles. The maximum absolute atomic E-state index is 12.6. The van der Waals surface area contributed by atoms with Crippen LogP contribution in [0, 0.1) is 0 Å². The van der Waals surface area contributed by atoms with Gasteiger partial charge in [0.15, 0.2) is 0 Å². The molecule has 0 spiro atoms. The Hall–Kier alpha value is 0.490. The molecule has 2 rings (SSSR count). The average Bonchev–Trinajstić information content (AvgIpc) is 2.68. The lowest BCUT2D eigenvalue weighted by Gasteiger charge is -2.34. The fourth-order valence-electron chi connectivity index (χ4n) is 4.57. The standard InChI is InChI=1S/C21H48N5O3P3/c1-30(2,27)19-24-13-9-22-7-8-23(10-14-24)12-16-26(21-32(5,6)29)18-17-25(15-11-22)20-31(3,4)28/h7-21H2,1-6H3. The van der Waals surface area contributed by atoms with Crippen molar-refractivity contribution in [3.05, 3.63) is 0 Å². The quantitative estimate of drug-likeness (QED) is 0.504. The predicted molar refractivity (Wildman–Crippen MR) is 141 cm³/mol. The molecule has 2 fully saturated rings. The van der Waals surface area contributed by atoms with Crippen LogP contribution in [0.2, 0.25) is 0 Å². The summed E-state index contributed by atoms with van der Waals surface area (Å²) >= 11 is 0. The second kappa shape index (κ2) is 12.5. The molecule has 2 unspecified atom stereocenters. The number of hydrogen-bond acceptors (Lipinski definition) is 8. The van der Waals surface area contributed by atoms with Gasteiger partial charge in [-0.3, -0.25) is 24.5 Å². The molecule has 0 aromatic heterocycles. The zero-order valence-electron chi connectivity index (χ0n) is 21.4. The maximum Gasteiger partial charge on any atom is 0.0951 e. The lowest BCUT2D eigenvalue weighted by molar-refractivity contribution is 0.155. The van der Waals surface area contributed by atoms with Crippen LogP contribution < -0.4 is 0 Å². The van der Waals surface area contributed by atoms with E-state index in [1.54, 1.807) is 0 Å². The molecule has 2 atom stereocenters. The van der Waals surface area contributed by atoms with E-state index >= 15 is 0 Å². The van der Waals surface area contributed by atoms with Gasteiger partial charge in [0, 0.05) is 78.5 Å². The van der Waals surface area contributed by atoms with Crippen molar-refractivity contribution in [2.45, 2.75) is 0 Å². The Kier molecular flexibility index (Phi) is 11.2. The molecule has 0 aliphatic carbocycles. The third kappa shape index (κ3) is 12.8. The van der Waals surface area contributed by atoms with Crippen LogP contribution in [0.15, 0.2) is 0 Å². The van der Waals surface area contributed by atoms with Crippen LogP contribution >= 0.6 is 21.4 Å². The van der Waals surface area contributed by atoms with Gasteiger partial charge in [0.05, 0.1) is 40.3 Å². The Labute approximate surface area is 197 Å². The molecule has 0 aromatic rings. The molecule has 32 heavy (non-hydrogen) atoms. The lowest BCUT2D eigenvalue weighted by atomic mass is 10.3. The van der Waals surface area contributed by atoms with E-state index in [1.807, 2.05) is 40.0 Å². The maximum atomic E-state index is 12.6. The molecule has 11 heteroatoms. The van der Waals surface area contributed by atoms with Crippen LogP contribution in [-0.2, 0) is 13.7 Å². The molecular formula is C21H48N5O3P3. The molecule has 2 saturated heterocycles. The van der Waals surface area contributed by atoms with Gasteiger partial charge < -0.3 is 13.7 Å². The van der Waals surface area contributed by atoms with Crippen LogP contribution in [-0.4, -0.2) is 162 Å². The molecule has 2 heterocycles. The summed E-state index contributed by atoms with van der Waals surface area (Å²) < 4.78 is 37.7. The molecule has 0 radical (unpaired) electrons. The predicted octanol–water partition coefficient (Wildman–Crippen LogP) is 2.26. The minimum atomic E-state index is -2.16. The van der Waals surface area contributed by atoms with Gasteiger partial charge in [-0.1, -0.05) is 0 Å². The average molecular weight is 512 g/mol. The van der Waals surface area contributed by atoms with Crippen molar-refractivity contribution in [1.29, 1.82) is 0 Å². The highest BCUT2D eigenvalue weighted by atomic mass is 31.2. The van der Waals surface area contributed by atoms with E-state index in [2.05, 4.69) is 24.5 Å². The fourth-order valence-corrected chi connectivity index (χ4v) is 8.31. The fraction of sp³-hybridized carbons (Fsp3) is 1.00. The SMILES string of the molecule is CP(C)(=O)CN1CCN2CCN(CC1)CCN(CP(C)(C)=O)CCN(CP(C)(C)=O)CC2. The molecule has 190 valence electrons. The Bertz CT molecular complexity index is 671. The normalized spacial score (nSPS) is 27.2.